The second-order valence-electron chi connectivity index (χ2n) is 5.20. The summed E-state index contributed by atoms with van der Waals surface area (Å²) in [5.74, 6) is 0.630. The molecule has 0 aromatic heterocycles. The van der Waals surface area contributed by atoms with E-state index in [1.165, 1.54) is 18.9 Å². The van der Waals surface area contributed by atoms with Gasteiger partial charge in [-0.15, -0.1) is 24.0 Å². The summed E-state index contributed by atoms with van der Waals surface area (Å²) >= 11 is 0. The van der Waals surface area contributed by atoms with Gasteiger partial charge in [-0.2, -0.15) is 0 Å². The lowest BCUT2D eigenvalue weighted by atomic mass is 10.2. The topological polar surface area (TPSA) is 77.0 Å². The fourth-order valence-corrected chi connectivity index (χ4v) is 2.45. The summed E-state index contributed by atoms with van der Waals surface area (Å²) in [5, 5.41) is 15.7. The maximum Gasteiger partial charge on any atom is 0.255 e. The molecule has 128 valence electrons. The van der Waals surface area contributed by atoms with Crippen molar-refractivity contribution in [2.75, 3.05) is 32.7 Å². The lowest BCUT2D eigenvalue weighted by molar-refractivity contribution is 0.0952. The van der Waals surface area contributed by atoms with Crippen LogP contribution in [-0.4, -0.2) is 54.6 Å². The maximum absolute atomic E-state index is 11.9. The van der Waals surface area contributed by atoms with Crippen molar-refractivity contribution in [3.8, 4) is 5.75 Å². The predicted molar refractivity (Wildman–Crippen MR) is 103 cm³/mol. The third-order valence-electron chi connectivity index (χ3n) is 3.55. The minimum Gasteiger partial charge on any atom is -0.507 e. The summed E-state index contributed by atoms with van der Waals surface area (Å²) in [7, 11) is 0. The third kappa shape index (κ3) is 5.89. The molecular formula is C16H25IN4O2. The Labute approximate surface area is 154 Å². The van der Waals surface area contributed by atoms with Crippen LogP contribution in [0.25, 0.3) is 0 Å². The number of aliphatic imine (C=N–C) groups is 1. The highest BCUT2D eigenvalue weighted by atomic mass is 127. The monoisotopic (exact) mass is 432 g/mol. The van der Waals surface area contributed by atoms with E-state index in [1.807, 2.05) is 6.92 Å². The van der Waals surface area contributed by atoms with Crippen molar-refractivity contribution in [3.63, 3.8) is 0 Å². The van der Waals surface area contributed by atoms with Gasteiger partial charge in [-0.1, -0.05) is 12.1 Å². The number of phenols is 1. The molecule has 1 aliphatic rings. The highest BCUT2D eigenvalue weighted by molar-refractivity contribution is 14.0. The van der Waals surface area contributed by atoms with E-state index >= 15 is 0 Å². The van der Waals surface area contributed by atoms with E-state index in [0.29, 0.717) is 13.1 Å². The normalized spacial score (nSPS) is 14.3. The Morgan fingerprint density at radius 3 is 2.61 bits per heavy atom. The molecule has 7 heteroatoms. The first-order chi connectivity index (χ1) is 10.7. The average molecular weight is 432 g/mol. The average Bonchev–Trinajstić information content (AvgIpc) is 3.05. The first-order valence-corrected chi connectivity index (χ1v) is 7.82. The van der Waals surface area contributed by atoms with E-state index in [0.717, 1.165) is 25.6 Å². The largest absolute Gasteiger partial charge is 0.507 e. The number of likely N-dealkylation sites (tertiary alicyclic amines) is 1. The van der Waals surface area contributed by atoms with Gasteiger partial charge in [-0.3, -0.25) is 9.79 Å². The Hall–Kier alpha value is -1.51. The Bertz CT molecular complexity index is 531. The van der Waals surface area contributed by atoms with E-state index in [-0.39, 0.29) is 41.2 Å². The number of hydrogen-bond donors (Lipinski definition) is 3. The lowest BCUT2D eigenvalue weighted by Gasteiger charge is -2.20. The van der Waals surface area contributed by atoms with Crippen molar-refractivity contribution in [2.24, 2.45) is 4.99 Å². The van der Waals surface area contributed by atoms with Crippen LogP contribution in [0.4, 0.5) is 0 Å². The van der Waals surface area contributed by atoms with Crippen LogP contribution in [0.15, 0.2) is 29.3 Å². The van der Waals surface area contributed by atoms with Crippen LogP contribution in [0.5, 0.6) is 5.75 Å². The number of hydrogen-bond acceptors (Lipinski definition) is 3. The second kappa shape index (κ2) is 10.3. The van der Waals surface area contributed by atoms with Crippen LogP contribution in [0.1, 0.15) is 30.1 Å². The van der Waals surface area contributed by atoms with Gasteiger partial charge in [-0.25, -0.2) is 0 Å². The smallest absolute Gasteiger partial charge is 0.255 e. The molecule has 3 N–H and O–H groups in total. The number of carbonyl (C=O) groups excluding carboxylic acids is 1. The molecule has 0 radical (unpaired) electrons. The quantitative estimate of drug-likeness (QED) is 0.287. The zero-order valence-electron chi connectivity index (χ0n) is 13.4. The summed E-state index contributed by atoms with van der Waals surface area (Å²) in [6, 6.07) is 6.52. The Morgan fingerprint density at radius 2 is 1.96 bits per heavy atom. The summed E-state index contributed by atoms with van der Waals surface area (Å²) in [6.45, 7) is 5.91. The van der Waals surface area contributed by atoms with Gasteiger partial charge in [-0.05, 0) is 31.9 Å². The number of aromatic hydroxyl groups is 1. The molecule has 1 aliphatic heterocycles. The first kappa shape index (κ1) is 19.5. The van der Waals surface area contributed by atoms with E-state index < -0.39 is 0 Å². The first-order valence-electron chi connectivity index (χ1n) is 7.82. The molecule has 0 unspecified atom stereocenters. The van der Waals surface area contributed by atoms with Gasteiger partial charge in [0.2, 0.25) is 0 Å². The van der Waals surface area contributed by atoms with Crippen LogP contribution < -0.4 is 10.6 Å². The van der Waals surface area contributed by atoms with Crippen molar-refractivity contribution in [3.05, 3.63) is 29.8 Å². The van der Waals surface area contributed by atoms with Gasteiger partial charge in [0.15, 0.2) is 5.96 Å². The maximum atomic E-state index is 11.9. The molecule has 1 aromatic carbocycles. The van der Waals surface area contributed by atoms with Crippen molar-refractivity contribution in [2.45, 2.75) is 19.8 Å². The molecule has 0 bridgehead atoms. The number of carbonyl (C=O) groups is 1. The molecule has 1 heterocycles. The molecule has 0 aliphatic carbocycles. The summed E-state index contributed by atoms with van der Waals surface area (Å²) in [6.07, 6.45) is 2.41. The van der Waals surface area contributed by atoms with Crippen LogP contribution >= 0.6 is 24.0 Å². The highest BCUT2D eigenvalue weighted by Crippen LogP contribution is 2.14. The van der Waals surface area contributed by atoms with Crippen molar-refractivity contribution in [1.29, 1.82) is 0 Å². The van der Waals surface area contributed by atoms with E-state index in [2.05, 4.69) is 20.5 Å². The standard InChI is InChI=1S/C16H24N4O2.HI/c1-2-17-16(20-11-5-6-12-20)19-10-9-18-15(22)13-7-3-4-8-14(13)21;/h3-4,7-8,21H,2,5-6,9-12H2,1H3,(H,17,19)(H,18,22);1H. The predicted octanol–water partition coefficient (Wildman–Crippen LogP) is 1.80. The van der Waals surface area contributed by atoms with Crippen molar-refractivity contribution >= 4 is 35.8 Å². The van der Waals surface area contributed by atoms with Crippen molar-refractivity contribution < 1.29 is 9.90 Å². The number of nitrogens with zero attached hydrogens (tertiary/aromatic N) is 2. The number of phenolic OH excluding ortho intramolecular Hbond substituents is 1. The minimum atomic E-state index is -0.278. The summed E-state index contributed by atoms with van der Waals surface area (Å²) in [5.41, 5.74) is 0.290. The molecule has 1 fully saturated rings. The fraction of sp³-hybridized carbons (Fsp3) is 0.500. The van der Waals surface area contributed by atoms with Crippen LogP contribution in [-0.2, 0) is 0 Å². The molecule has 6 nitrogen and oxygen atoms in total. The summed E-state index contributed by atoms with van der Waals surface area (Å²) in [4.78, 5) is 18.7. The van der Waals surface area contributed by atoms with Gasteiger partial charge in [0.05, 0.1) is 12.1 Å². The second-order valence-corrected chi connectivity index (χ2v) is 5.20. The highest BCUT2D eigenvalue weighted by Gasteiger charge is 2.15. The van der Waals surface area contributed by atoms with Gasteiger partial charge in [0.25, 0.3) is 5.91 Å². The lowest BCUT2D eigenvalue weighted by Crippen LogP contribution is -2.40. The third-order valence-corrected chi connectivity index (χ3v) is 3.55. The van der Waals surface area contributed by atoms with Crippen LogP contribution in [0, 0.1) is 0 Å². The minimum absolute atomic E-state index is 0. The number of para-hydroxylation sites is 1. The molecular weight excluding hydrogens is 407 g/mol. The molecule has 1 amide bonds. The number of guanidine groups is 1. The molecule has 23 heavy (non-hydrogen) atoms. The molecule has 0 spiro atoms. The molecule has 1 aromatic rings. The van der Waals surface area contributed by atoms with Gasteiger partial charge in [0.1, 0.15) is 5.75 Å². The number of amides is 1. The van der Waals surface area contributed by atoms with Gasteiger partial charge >= 0.3 is 0 Å². The zero-order valence-corrected chi connectivity index (χ0v) is 15.7. The number of rotatable bonds is 5. The Morgan fingerprint density at radius 1 is 1.26 bits per heavy atom. The van der Waals surface area contributed by atoms with Gasteiger partial charge in [0, 0.05) is 26.2 Å². The van der Waals surface area contributed by atoms with Crippen molar-refractivity contribution in [1.82, 2.24) is 15.5 Å². The Balaban J connectivity index is 0.00000264. The number of nitrogens with one attached hydrogen (secondary N) is 2. The SMILES string of the molecule is CCNC(=NCCNC(=O)c1ccccc1O)N1CCCC1.I. The van der Waals surface area contributed by atoms with E-state index in [9.17, 15) is 9.90 Å². The molecule has 0 atom stereocenters. The number of halogens is 1. The molecule has 0 saturated carbocycles. The van der Waals surface area contributed by atoms with Crippen LogP contribution in [0.3, 0.4) is 0 Å². The molecule has 1 saturated heterocycles. The number of benzene rings is 1. The molecule has 2 rings (SSSR count). The zero-order chi connectivity index (χ0) is 15.8. The summed E-state index contributed by atoms with van der Waals surface area (Å²) < 4.78 is 0. The van der Waals surface area contributed by atoms with Crippen LogP contribution in [0.2, 0.25) is 0 Å². The van der Waals surface area contributed by atoms with Gasteiger partial charge < -0.3 is 20.6 Å². The van der Waals surface area contributed by atoms with E-state index in [4.69, 9.17) is 0 Å². The fourth-order valence-electron chi connectivity index (χ4n) is 2.45. The van der Waals surface area contributed by atoms with E-state index in [1.54, 1.807) is 18.2 Å². The Kier molecular flexibility index (Phi) is 8.75.